The lowest BCUT2D eigenvalue weighted by Crippen LogP contribution is -2.26. The van der Waals surface area contributed by atoms with Crippen molar-refractivity contribution in [1.29, 1.82) is 0 Å². The summed E-state index contributed by atoms with van der Waals surface area (Å²) in [6.07, 6.45) is 1.80. The van der Waals surface area contributed by atoms with E-state index in [0.717, 1.165) is 18.5 Å². The van der Waals surface area contributed by atoms with Gasteiger partial charge in [-0.2, -0.15) is 0 Å². The predicted molar refractivity (Wildman–Crippen MR) is 98.2 cm³/mol. The van der Waals surface area contributed by atoms with Crippen LogP contribution in [0.1, 0.15) is 28.2 Å². The van der Waals surface area contributed by atoms with E-state index in [-0.39, 0.29) is 5.91 Å². The number of nitrogens with zero attached hydrogens (tertiary/aromatic N) is 3. The smallest absolute Gasteiger partial charge is 0.273 e. The zero-order valence-electron chi connectivity index (χ0n) is 13.9. The minimum absolute atomic E-state index is 0.203. The molecule has 1 amide bonds. The van der Waals surface area contributed by atoms with E-state index in [9.17, 15) is 4.79 Å². The number of carbonyl (C=O) groups is 1. The summed E-state index contributed by atoms with van der Waals surface area (Å²) >= 11 is 5.90. The molecule has 0 saturated carbocycles. The van der Waals surface area contributed by atoms with Gasteiger partial charge in [0.15, 0.2) is 5.69 Å². The fourth-order valence-electron chi connectivity index (χ4n) is 2.59. The molecule has 1 heterocycles. The second-order valence-electron chi connectivity index (χ2n) is 5.76. The molecule has 0 unspecified atom stereocenters. The molecule has 0 bridgehead atoms. The topological polar surface area (TPSA) is 59.8 Å². The van der Waals surface area contributed by atoms with E-state index in [4.69, 9.17) is 11.6 Å². The summed E-state index contributed by atoms with van der Waals surface area (Å²) < 4.78 is 1.63. The maximum Gasteiger partial charge on any atom is 0.273 e. The number of halogens is 1. The van der Waals surface area contributed by atoms with Crippen LogP contribution in [0.3, 0.4) is 0 Å². The number of hydrogen-bond acceptors (Lipinski definition) is 3. The lowest BCUT2D eigenvalue weighted by molar-refractivity contribution is 0.0947. The minimum Gasteiger partial charge on any atom is -0.351 e. The molecule has 0 radical (unpaired) electrons. The Bertz CT molecular complexity index is 844. The number of carbonyl (C=O) groups excluding carboxylic acids is 1. The van der Waals surface area contributed by atoms with Crippen molar-refractivity contribution in [1.82, 2.24) is 20.3 Å². The van der Waals surface area contributed by atoms with Gasteiger partial charge in [-0.1, -0.05) is 47.1 Å². The number of nitrogens with one attached hydrogen (secondary N) is 1. The highest BCUT2D eigenvalue weighted by molar-refractivity contribution is 6.30. The Morgan fingerprint density at radius 2 is 1.84 bits per heavy atom. The van der Waals surface area contributed by atoms with Crippen LogP contribution < -0.4 is 5.32 Å². The van der Waals surface area contributed by atoms with E-state index >= 15 is 0 Å². The third-order valence-corrected chi connectivity index (χ3v) is 4.20. The van der Waals surface area contributed by atoms with E-state index < -0.39 is 0 Å². The summed E-state index contributed by atoms with van der Waals surface area (Å²) in [5.41, 5.74) is 3.12. The average Bonchev–Trinajstić information content (AvgIpc) is 3.02. The molecule has 1 aromatic heterocycles. The van der Waals surface area contributed by atoms with Crippen molar-refractivity contribution >= 4 is 17.5 Å². The van der Waals surface area contributed by atoms with Gasteiger partial charge < -0.3 is 5.32 Å². The van der Waals surface area contributed by atoms with Crippen LogP contribution in [0.25, 0.3) is 5.69 Å². The highest BCUT2D eigenvalue weighted by atomic mass is 35.5. The van der Waals surface area contributed by atoms with E-state index in [1.54, 1.807) is 16.8 Å². The van der Waals surface area contributed by atoms with Crippen molar-refractivity contribution in [2.45, 2.75) is 19.8 Å². The molecule has 128 valence electrons. The first-order valence-corrected chi connectivity index (χ1v) is 8.53. The van der Waals surface area contributed by atoms with Gasteiger partial charge in [-0.05, 0) is 49.6 Å². The summed E-state index contributed by atoms with van der Waals surface area (Å²) in [7, 11) is 0. The van der Waals surface area contributed by atoms with Crippen LogP contribution in [0, 0.1) is 6.92 Å². The molecule has 0 aliphatic rings. The normalized spacial score (nSPS) is 10.6. The van der Waals surface area contributed by atoms with Gasteiger partial charge in [0.25, 0.3) is 5.91 Å². The number of hydrogen-bond donors (Lipinski definition) is 1. The SMILES string of the molecule is Cc1c(C(=O)NCCCc2ccccc2)nnn1-c1ccc(Cl)cc1. The summed E-state index contributed by atoms with van der Waals surface area (Å²) in [6, 6.07) is 17.4. The number of benzene rings is 2. The molecular formula is C19H19ClN4O. The number of aromatic nitrogens is 3. The fourth-order valence-corrected chi connectivity index (χ4v) is 2.72. The molecule has 3 aromatic rings. The molecule has 0 fully saturated rings. The molecule has 0 spiro atoms. The van der Waals surface area contributed by atoms with E-state index in [1.807, 2.05) is 37.3 Å². The Labute approximate surface area is 151 Å². The summed E-state index contributed by atoms with van der Waals surface area (Å²) in [4.78, 5) is 12.3. The molecule has 1 N–H and O–H groups in total. The lowest BCUT2D eigenvalue weighted by Gasteiger charge is -2.05. The largest absolute Gasteiger partial charge is 0.351 e. The monoisotopic (exact) mass is 354 g/mol. The van der Waals surface area contributed by atoms with Crippen molar-refractivity contribution in [2.24, 2.45) is 0 Å². The molecule has 5 nitrogen and oxygen atoms in total. The van der Waals surface area contributed by atoms with Crippen LogP contribution in [-0.4, -0.2) is 27.4 Å². The van der Waals surface area contributed by atoms with Gasteiger partial charge in [0.1, 0.15) is 0 Å². The van der Waals surface area contributed by atoms with Crippen molar-refractivity contribution in [3.8, 4) is 5.69 Å². The van der Waals surface area contributed by atoms with Gasteiger partial charge in [-0.25, -0.2) is 4.68 Å². The Hall–Kier alpha value is -2.66. The van der Waals surface area contributed by atoms with E-state index in [0.29, 0.717) is 23.0 Å². The van der Waals surface area contributed by atoms with Gasteiger partial charge >= 0.3 is 0 Å². The Balaban J connectivity index is 1.58. The number of amides is 1. The van der Waals surface area contributed by atoms with Crippen LogP contribution in [0.5, 0.6) is 0 Å². The Morgan fingerprint density at radius 1 is 1.12 bits per heavy atom. The molecule has 0 atom stereocenters. The average molecular weight is 355 g/mol. The second-order valence-corrected chi connectivity index (χ2v) is 6.19. The van der Waals surface area contributed by atoms with Gasteiger partial charge in [0.2, 0.25) is 0 Å². The quantitative estimate of drug-likeness (QED) is 0.688. The molecule has 0 aliphatic carbocycles. The highest BCUT2D eigenvalue weighted by Crippen LogP contribution is 2.15. The van der Waals surface area contributed by atoms with E-state index in [1.165, 1.54) is 5.56 Å². The third kappa shape index (κ3) is 4.25. The first kappa shape index (κ1) is 17.2. The van der Waals surface area contributed by atoms with Gasteiger partial charge in [0.05, 0.1) is 11.4 Å². The number of rotatable bonds is 6. The van der Waals surface area contributed by atoms with Gasteiger partial charge in [0, 0.05) is 11.6 Å². The summed E-state index contributed by atoms with van der Waals surface area (Å²) in [5, 5.41) is 11.7. The van der Waals surface area contributed by atoms with Crippen molar-refractivity contribution in [2.75, 3.05) is 6.54 Å². The van der Waals surface area contributed by atoms with Crippen molar-refractivity contribution in [3.63, 3.8) is 0 Å². The van der Waals surface area contributed by atoms with Gasteiger partial charge in [-0.15, -0.1) is 5.10 Å². The van der Waals surface area contributed by atoms with Crippen LogP contribution in [-0.2, 0) is 6.42 Å². The van der Waals surface area contributed by atoms with Crippen molar-refractivity contribution in [3.05, 3.63) is 76.6 Å². The minimum atomic E-state index is -0.203. The molecule has 25 heavy (non-hydrogen) atoms. The maximum atomic E-state index is 12.3. The first-order chi connectivity index (χ1) is 12.1. The fraction of sp³-hybridized carbons (Fsp3) is 0.211. The third-order valence-electron chi connectivity index (χ3n) is 3.95. The predicted octanol–water partition coefficient (Wildman–Crippen LogP) is 3.59. The van der Waals surface area contributed by atoms with E-state index in [2.05, 4.69) is 27.8 Å². The summed E-state index contributed by atoms with van der Waals surface area (Å²) in [6.45, 7) is 2.43. The lowest BCUT2D eigenvalue weighted by atomic mass is 10.1. The second kappa shape index (κ2) is 7.94. The molecule has 2 aromatic carbocycles. The highest BCUT2D eigenvalue weighted by Gasteiger charge is 2.16. The molecule has 6 heteroatoms. The summed E-state index contributed by atoms with van der Waals surface area (Å²) in [5.74, 6) is -0.203. The zero-order chi connectivity index (χ0) is 17.6. The maximum absolute atomic E-state index is 12.3. The number of aryl methyl sites for hydroxylation is 1. The zero-order valence-corrected chi connectivity index (χ0v) is 14.7. The Morgan fingerprint density at radius 3 is 2.56 bits per heavy atom. The van der Waals surface area contributed by atoms with Gasteiger partial charge in [-0.3, -0.25) is 4.79 Å². The van der Waals surface area contributed by atoms with Crippen molar-refractivity contribution < 1.29 is 4.79 Å². The first-order valence-electron chi connectivity index (χ1n) is 8.15. The van der Waals surface area contributed by atoms with Crippen LogP contribution >= 0.6 is 11.6 Å². The van der Waals surface area contributed by atoms with Crippen LogP contribution in [0.4, 0.5) is 0 Å². The Kier molecular flexibility index (Phi) is 5.46. The van der Waals surface area contributed by atoms with Crippen LogP contribution in [0.2, 0.25) is 5.02 Å². The standard InChI is InChI=1S/C19H19ClN4O/c1-14-18(22-23-24(14)17-11-9-16(20)10-12-17)19(25)21-13-5-8-15-6-3-2-4-7-15/h2-4,6-7,9-12H,5,8,13H2,1H3,(H,21,25). The molecule has 0 saturated heterocycles. The molecule has 0 aliphatic heterocycles. The molecular weight excluding hydrogens is 336 g/mol. The molecule has 3 rings (SSSR count). The van der Waals surface area contributed by atoms with Crippen LogP contribution in [0.15, 0.2) is 54.6 Å².